The molecule has 0 heterocycles. The van der Waals surface area contributed by atoms with E-state index in [2.05, 4.69) is 0 Å². The smallest absolute Gasteiger partial charge is 0.307 e. The van der Waals surface area contributed by atoms with Gasteiger partial charge in [0.2, 0.25) is 0 Å². The number of carboxylic acid groups (broad SMARTS) is 2. The molecule has 4 heteroatoms. The molecule has 0 aliphatic carbocycles. The third-order valence-corrected chi connectivity index (χ3v) is 2.18. The minimum atomic E-state index is -0.880. The molecule has 4 nitrogen and oxygen atoms in total. The van der Waals surface area contributed by atoms with Crippen LogP contribution >= 0.6 is 0 Å². The van der Waals surface area contributed by atoms with Gasteiger partial charge in [-0.3, -0.25) is 9.59 Å². The fourth-order valence-corrected chi connectivity index (χ4v) is 1.62. The van der Waals surface area contributed by atoms with E-state index in [4.69, 9.17) is 10.2 Å². The Kier molecular flexibility index (Phi) is 4.05. The van der Waals surface area contributed by atoms with E-state index < -0.39 is 11.9 Å². The Balaban J connectivity index is 2.80. The molecular weight excluding hydrogens is 208 g/mol. The van der Waals surface area contributed by atoms with E-state index in [1.165, 1.54) is 0 Å². The van der Waals surface area contributed by atoms with Gasteiger partial charge in [0, 0.05) is 6.42 Å². The summed E-state index contributed by atoms with van der Waals surface area (Å²) in [5, 5.41) is 17.2. The highest BCUT2D eigenvalue weighted by Gasteiger charge is 2.05. The zero-order chi connectivity index (χ0) is 12.1. The normalized spacial score (nSPS) is 10.1. The second-order valence-electron chi connectivity index (χ2n) is 3.79. The summed E-state index contributed by atoms with van der Waals surface area (Å²) in [5.41, 5.74) is 2.55. The van der Waals surface area contributed by atoms with Gasteiger partial charge in [-0.25, -0.2) is 0 Å². The highest BCUT2D eigenvalue weighted by atomic mass is 16.4. The minimum Gasteiger partial charge on any atom is -0.481 e. The molecular formula is C12H14O4. The Morgan fingerprint density at radius 3 is 2.25 bits per heavy atom. The van der Waals surface area contributed by atoms with Gasteiger partial charge in [-0.15, -0.1) is 0 Å². The predicted molar refractivity (Wildman–Crippen MR) is 58.5 cm³/mol. The standard InChI is InChI=1S/C12H14O4/c1-8-4-9(2-3-11(13)14)6-10(5-8)7-12(15)16/h4-6H,2-3,7H2,1H3,(H,13,14)(H,15,16). The Labute approximate surface area is 93.5 Å². The van der Waals surface area contributed by atoms with Crippen molar-refractivity contribution in [3.63, 3.8) is 0 Å². The van der Waals surface area contributed by atoms with Gasteiger partial charge < -0.3 is 10.2 Å². The van der Waals surface area contributed by atoms with Crippen molar-refractivity contribution in [3.8, 4) is 0 Å². The molecule has 0 spiro atoms. The second-order valence-corrected chi connectivity index (χ2v) is 3.79. The molecule has 0 aliphatic rings. The summed E-state index contributed by atoms with van der Waals surface area (Å²) in [4.78, 5) is 21.0. The van der Waals surface area contributed by atoms with Crippen LogP contribution in [0.25, 0.3) is 0 Å². The maximum Gasteiger partial charge on any atom is 0.307 e. The summed E-state index contributed by atoms with van der Waals surface area (Å²) < 4.78 is 0. The molecule has 0 fully saturated rings. The first kappa shape index (κ1) is 12.2. The topological polar surface area (TPSA) is 74.6 Å². The number of aliphatic carboxylic acids is 2. The van der Waals surface area contributed by atoms with Crippen LogP contribution in [0.15, 0.2) is 18.2 Å². The van der Waals surface area contributed by atoms with Gasteiger partial charge in [-0.05, 0) is 24.5 Å². The lowest BCUT2D eigenvalue weighted by atomic mass is 10.0. The van der Waals surface area contributed by atoms with Crippen molar-refractivity contribution >= 4 is 11.9 Å². The van der Waals surface area contributed by atoms with Crippen LogP contribution in [0.4, 0.5) is 0 Å². The number of carboxylic acids is 2. The molecule has 1 aromatic rings. The zero-order valence-corrected chi connectivity index (χ0v) is 9.06. The largest absolute Gasteiger partial charge is 0.481 e. The SMILES string of the molecule is Cc1cc(CCC(=O)O)cc(CC(=O)O)c1. The number of rotatable bonds is 5. The minimum absolute atomic E-state index is 0.0260. The van der Waals surface area contributed by atoms with Gasteiger partial charge in [-0.1, -0.05) is 23.8 Å². The van der Waals surface area contributed by atoms with Gasteiger partial charge in [0.15, 0.2) is 0 Å². The molecule has 16 heavy (non-hydrogen) atoms. The van der Waals surface area contributed by atoms with E-state index in [0.29, 0.717) is 12.0 Å². The van der Waals surface area contributed by atoms with Gasteiger partial charge in [0.25, 0.3) is 0 Å². The molecule has 0 atom stereocenters. The fourth-order valence-electron chi connectivity index (χ4n) is 1.62. The summed E-state index contributed by atoms with van der Waals surface area (Å²) in [5.74, 6) is -1.73. The van der Waals surface area contributed by atoms with Crippen molar-refractivity contribution in [1.29, 1.82) is 0 Å². The quantitative estimate of drug-likeness (QED) is 0.794. The Hall–Kier alpha value is -1.84. The molecule has 0 amide bonds. The average molecular weight is 222 g/mol. The van der Waals surface area contributed by atoms with E-state index >= 15 is 0 Å². The monoisotopic (exact) mass is 222 g/mol. The lowest BCUT2D eigenvalue weighted by Gasteiger charge is -2.05. The van der Waals surface area contributed by atoms with Crippen molar-refractivity contribution in [2.24, 2.45) is 0 Å². The number of benzene rings is 1. The lowest BCUT2D eigenvalue weighted by molar-refractivity contribution is -0.137. The van der Waals surface area contributed by atoms with Crippen LogP contribution in [0.1, 0.15) is 23.1 Å². The van der Waals surface area contributed by atoms with Gasteiger partial charge in [0.1, 0.15) is 0 Å². The van der Waals surface area contributed by atoms with Gasteiger partial charge in [-0.2, -0.15) is 0 Å². The third kappa shape index (κ3) is 4.13. The van der Waals surface area contributed by atoms with Crippen LogP contribution in [0.2, 0.25) is 0 Å². The Bertz CT molecular complexity index is 409. The number of carbonyl (C=O) groups is 2. The second kappa shape index (κ2) is 5.30. The number of hydrogen-bond donors (Lipinski definition) is 2. The maximum absolute atomic E-state index is 10.6. The van der Waals surface area contributed by atoms with Crippen molar-refractivity contribution in [2.75, 3.05) is 0 Å². The highest BCUT2D eigenvalue weighted by Crippen LogP contribution is 2.12. The van der Waals surface area contributed by atoms with Crippen LogP contribution in [0.5, 0.6) is 0 Å². The molecule has 0 saturated heterocycles. The van der Waals surface area contributed by atoms with Gasteiger partial charge >= 0.3 is 11.9 Å². The maximum atomic E-state index is 10.6. The number of hydrogen-bond acceptors (Lipinski definition) is 2. The van der Waals surface area contributed by atoms with Crippen molar-refractivity contribution in [1.82, 2.24) is 0 Å². The number of aryl methyl sites for hydroxylation is 2. The lowest BCUT2D eigenvalue weighted by Crippen LogP contribution is -2.02. The molecule has 0 aromatic heterocycles. The summed E-state index contributed by atoms with van der Waals surface area (Å²) in [6, 6.07) is 5.44. The van der Waals surface area contributed by atoms with Crippen LogP contribution in [-0.4, -0.2) is 22.2 Å². The Morgan fingerprint density at radius 1 is 1.06 bits per heavy atom. The summed E-state index contributed by atoms with van der Waals surface area (Å²) in [6.45, 7) is 1.87. The van der Waals surface area contributed by atoms with E-state index in [1.807, 2.05) is 13.0 Å². The predicted octanol–water partition coefficient (Wildman–Crippen LogP) is 1.64. The van der Waals surface area contributed by atoms with Crippen molar-refractivity contribution in [3.05, 3.63) is 34.9 Å². The third-order valence-electron chi connectivity index (χ3n) is 2.18. The van der Waals surface area contributed by atoms with E-state index in [-0.39, 0.29) is 12.8 Å². The first-order chi connectivity index (χ1) is 7.47. The molecule has 0 saturated carbocycles. The molecule has 1 rings (SSSR count). The molecule has 1 aromatic carbocycles. The first-order valence-electron chi connectivity index (χ1n) is 5.00. The van der Waals surface area contributed by atoms with Crippen molar-refractivity contribution < 1.29 is 19.8 Å². The van der Waals surface area contributed by atoms with E-state index in [9.17, 15) is 9.59 Å². The average Bonchev–Trinajstić information content (AvgIpc) is 2.12. The molecule has 0 unspecified atom stereocenters. The molecule has 0 bridgehead atoms. The molecule has 86 valence electrons. The summed E-state index contributed by atoms with van der Waals surface area (Å²) >= 11 is 0. The van der Waals surface area contributed by atoms with Crippen LogP contribution < -0.4 is 0 Å². The molecule has 0 aliphatic heterocycles. The van der Waals surface area contributed by atoms with Gasteiger partial charge in [0.05, 0.1) is 6.42 Å². The van der Waals surface area contributed by atoms with Crippen LogP contribution in [0, 0.1) is 6.92 Å². The summed E-state index contributed by atoms with van der Waals surface area (Å²) in [6.07, 6.45) is 0.474. The fraction of sp³-hybridized carbons (Fsp3) is 0.333. The van der Waals surface area contributed by atoms with E-state index in [0.717, 1.165) is 11.1 Å². The van der Waals surface area contributed by atoms with Crippen LogP contribution in [0.3, 0.4) is 0 Å². The Morgan fingerprint density at radius 2 is 1.69 bits per heavy atom. The van der Waals surface area contributed by atoms with Crippen LogP contribution in [-0.2, 0) is 22.4 Å². The zero-order valence-electron chi connectivity index (χ0n) is 9.06. The molecule has 2 N–H and O–H groups in total. The highest BCUT2D eigenvalue weighted by molar-refractivity contribution is 5.70. The summed E-state index contributed by atoms with van der Waals surface area (Å²) in [7, 11) is 0. The van der Waals surface area contributed by atoms with E-state index in [1.54, 1.807) is 12.1 Å². The van der Waals surface area contributed by atoms with Crippen molar-refractivity contribution in [2.45, 2.75) is 26.2 Å². The molecule has 0 radical (unpaired) electrons. The first-order valence-corrected chi connectivity index (χ1v) is 5.00.